The van der Waals surface area contributed by atoms with Gasteiger partial charge in [0.25, 0.3) is 0 Å². The fraction of sp³-hybridized carbons (Fsp3) is 0.261. The number of esters is 1. The van der Waals surface area contributed by atoms with Crippen LogP contribution in [0.25, 0.3) is 10.9 Å². The summed E-state index contributed by atoms with van der Waals surface area (Å²) in [6.07, 6.45) is 1.98. The molecule has 1 aliphatic heterocycles. The second-order valence-electron chi connectivity index (χ2n) is 7.50. The number of aromatic amines is 1. The number of halogens is 1. The third kappa shape index (κ3) is 4.14. The number of H-pyrrole nitrogens is 1. The number of nitrogens with one attached hydrogen (secondary N) is 2. The zero-order valence-corrected chi connectivity index (χ0v) is 16.9. The molecule has 0 spiro atoms. The second-order valence-corrected chi connectivity index (χ2v) is 7.50. The molecular formula is C23H22FN3O4. The molecule has 31 heavy (non-hydrogen) atoms. The minimum Gasteiger partial charge on any atom is -0.467 e. The number of nitrogens with zero attached hydrogens (tertiary/aromatic N) is 1. The van der Waals surface area contributed by atoms with Crippen molar-refractivity contribution in [3.63, 3.8) is 0 Å². The monoisotopic (exact) mass is 423 g/mol. The van der Waals surface area contributed by atoms with Crippen LogP contribution < -0.4 is 10.2 Å². The number of aromatic nitrogens is 1. The second kappa shape index (κ2) is 8.59. The Hall–Kier alpha value is -3.68. The number of methoxy groups -OCH3 is 1. The van der Waals surface area contributed by atoms with Crippen molar-refractivity contribution in [3.8, 4) is 0 Å². The molecule has 3 aromatic rings. The van der Waals surface area contributed by atoms with Crippen LogP contribution in [0.2, 0.25) is 0 Å². The van der Waals surface area contributed by atoms with Crippen molar-refractivity contribution in [1.82, 2.24) is 10.3 Å². The maximum absolute atomic E-state index is 14.1. The van der Waals surface area contributed by atoms with Gasteiger partial charge in [0, 0.05) is 36.5 Å². The molecule has 0 unspecified atom stereocenters. The largest absolute Gasteiger partial charge is 0.467 e. The van der Waals surface area contributed by atoms with Crippen molar-refractivity contribution in [2.24, 2.45) is 5.92 Å². The highest BCUT2D eigenvalue weighted by atomic mass is 19.1. The number of carbonyl (C=O) groups is 3. The lowest BCUT2D eigenvalue weighted by molar-refractivity contribution is -0.145. The molecule has 2 amide bonds. The van der Waals surface area contributed by atoms with Crippen LogP contribution in [0.5, 0.6) is 0 Å². The normalized spacial score (nSPS) is 17.0. The number of rotatable bonds is 6. The van der Waals surface area contributed by atoms with Crippen LogP contribution in [0.4, 0.5) is 10.1 Å². The molecule has 1 saturated heterocycles. The molecule has 0 aliphatic carbocycles. The Bertz CT molecular complexity index is 1140. The van der Waals surface area contributed by atoms with Crippen molar-refractivity contribution in [2.75, 3.05) is 18.6 Å². The van der Waals surface area contributed by atoms with Crippen LogP contribution in [-0.2, 0) is 25.5 Å². The van der Waals surface area contributed by atoms with E-state index in [2.05, 4.69) is 10.3 Å². The molecule has 7 nitrogen and oxygen atoms in total. The summed E-state index contributed by atoms with van der Waals surface area (Å²) in [4.78, 5) is 42.0. The van der Waals surface area contributed by atoms with Crippen LogP contribution in [0.1, 0.15) is 12.0 Å². The van der Waals surface area contributed by atoms with Crippen molar-refractivity contribution >= 4 is 34.4 Å². The summed E-state index contributed by atoms with van der Waals surface area (Å²) in [5.74, 6) is -2.57. The Balaban J connectivity index is 1.49. The highest BCUT2D eigenvalue weighted by Crippen LogP contribution is 2.27. The number of hydrogen-bond donors (Lipinski definition) is 2. The number of hydrogen-bond acceptors (Lipinski definition) is 4. The summed E-state index contributed by atoms with van der Waals surface area (Å²) in [6, 6.07) is 12.7. The van der Waals surface area contributed by atoms with E-state index in [9.17, 15) is 18.8 Å². The molecule has 8 heteroatoms. The van der Waals surface area contributed by atoms with E-state index in [0.29, 0.717) is 0 Å². The number of amides is 2. The summed E-state index contributed by atoms with van der Waals surface area (Å²) >= 11 is 0. The Kier molecular flexibility index (Phi) is 5.70. The Morgan fingerprint density at radius 2 is 1.97 bits per heavy atom. The number of para-hydroxylation sites is 2. The number of fused-ring (bicyclic) bond motifs is 1. The van der Waals surface area contributed by atoms with Crippen molar-refractivity contribution in [3.05, 3.63) is 66.1 Å². The highest BCUT2D eigenvalue weighted by molar-refractivity contribution is 6.01. The average Bonchev–Trinajstić information content (AvgIpc) is 3.37. The summed E-state index contributed by atoms with van der Waals surface area (Å²) in [5, 5.41) is 3.67. The Labute approximate surface area is 178 Å². The lowest BCUT2D eigenvalue weighted by atomic mass is 10.0. The third-order valence-electron chi connectivity index (χ3n) is 5.54. The van der Waals surface area contributed by atoms with E-state index in [1.165, 1.54) is 30.2 Å². The van der Waals surface area contributed by atoms with Crippen LogP contribution in [-0.4, -0.2) is 42.5 Å². The SMILES string of the molecule is COC(=O)[C@@H](Cc1c[nH]c2ccccc12)NC(=O)[C@@H]1CC(=O)N(c2ccccc2F)C1. The molecule has 160 valence electrons. The maximum Gasteiger partial charge on any atom is 0.328 e. The van der Waals surface area contributed by atoms with E-state index in [1.807, 2.05) is 24.3 Å². The molecule has 2 heterocycles. The molecule has 2 N–H and O–H groups in total. The smallest absolute Gasteiger partial charge is 0.328 e. The van der Waals surface area contributed by atoms with E-state index in [4.69, 9.17) is 4.74 Å². The lowest BCUT2D eigenvalue weighted by Crippen LogP contribution is -2.46. The van der Waals surface area contributed by atoms with Crippen molar-refractivity contribution in [1.29, 1.82) is 0 Å². The first kappa shape index (κ1) is 20.6. The van der Waals surface area contributed by atoms with E-state index in [1.54, 1.807) is 12.3 Å². The van der Waals surface area contributed by atoms with Gasteiger partial charge in [0.2, 0.25) is 11.8 Å². The minimum absolute atomic E-state index is 0.0482. The van der Waals surface area contributed by atoms with Crippen molar-refractivity contribution in [2.45, 2.75) is 18.9 Å². The summed E-state index contributed by atoms with van der Waals surface area (Å²) in [7, 11) is 1.26. The van der Waals surface area contributed by atoms with Gasteiger partial charge in [-0.15, -0.1) is 0 Å². The van der Waals surface area contributed by atoms with Gasteiger partial charge < -0.3 is 19.9 Å². The standard InChI is InChI=1S/C23H22FN3O4/c1-31-23(30)19(10-14-12-25-18-8-4-2-6-16(14)18)26-22(29)15-11-21(28)27(13-15)20-9-5-3-7-17(20)24/h2-9,12,15,19,25H,10-11,13H2,1H3,(H,26,29)/t15-,19-/m1/s1. The molecular weight excluding hydrogens is 401 g/mol. The van der Waals surface area contributed by atoms with Crippen LogP contribution >= 0.6 is 0 Å². The van der Waals surface area contributed by atoms with Crippen molar-refractivity contribution < 1.29 is 23.5 Å². The number of benzene rings is 2. The molecule has 1 aliphatic rings. The molecule has 0 radical (unpaired) electrons. The predicted octanol–water partition coefficient (Wildman–Crippen LogP) is 2.56. The molecule has 2 atom stereocenters. The van der Waals surface area contributed by atoms with Gasteiger partial charge in [0.15, 0.2) is 0 Å². The van der Waals surface area contributed by atoms with Gasteiger partial charge in [-0.1, -0.05) is 30.3 Å². The molecule has 2 aromatic carbocycles. The first-order valence-corrected chi connectivity index (χ1v) is 9.96. The fourth-order valence-electron chi connectivity index (χ4n) is 3.93. The van der Waals surface area contributed by atoms with E-state index < -0.39 is 29.7 Å². The van der Waals surface area contributed by atoms with Gasteiger partial charge in [-0.25, -0.2) is 9.18 Å². The fourth-order valence-corrected chi connectivity index (χ4v) is 3.93. The van der Waals surface area contributed by atoms with Gasteiger partial charge in [0.1, 0.15) is 11.9 Å². The highest BCUT2D eigenvalue weighted by Gasteiger charge is 2.37. The zero-order valence-electron chi connectivity index (χ0n) is 16.9. The number of carbonyl (C=O) groups excluding carboxylic acids is 3. The van der Waals surface area contributed by atoms with E-state index in [-0.39, 0.29) is 31.0 Å². The molecule has 0 bridgehead atoms. The predicted molar refractivity (Wildman–Crippen MR) is 113 cm³/mol. The zero-order chi connectivity index (χ0) is 22.0. The molecule has 1 fully saturated rings. The van der Waals surface area contributed by atoms with Gasteiger partial charge in [-0.3, -0.25) is 9.59 Å². The Morgan fingerprint density at radius 3 is 2.74 bits per heavy atom. The molecule has 1 aromatic heterocycles. The van der Waals surface area contributed by atoms with Crippen LogP contribution in [0, 0.1) is 11.7 Å². The van der Waals surface area contributed by atoms with Crippen LogP contribution in [0.15, 0.2) is 54.7 Å². The summed E-state index contributed by atoms with van der Waals surface area (Å²) < 4.78 is 19.0. The Morgan fingerprint density at radius 1 is 1.23 bits per heavy atom. The van der Waals surface area contributed by atoms with Gasteiger partial charge in [0.05, 0.1) is 18.7 Å². The minimum atomic E-state index is -0.908. The quantitative estimate of drug-likeness (QED) is 0.596. The number of anilines is 1. The average molecular weight is 423 g/mol. The summed E-state index contributed by atoms with van der Waals surface area (Å²) in [6.45, 7) is 0.0482. The van der Waals surface area contributed by atoms with E-state index in [0.717, 1.165) is 16.5 Å². The molecule has 0 saturated carbocycles. The maximum atomic E-state index is 14.1. The third-order valence-corrected chi connectivity index (χ3v) is 5.54. The van der Waals surface area contributed by atoms with Gasteiger partial charge in [-0.05, 0) is 23.8 Å². The first-order chi connectivity index (χ1) is 15.0. The first-order valence-electron chi connectivity index (χ1n) is 9.96. The lowest BCUT2D eigenvalue weighted by Gasteiger charge is -2.20. The van der Waals surface area contributed by atoms with E-state index >= 15 is 0 Å². The topological polar surface area (TPSA) is 91.5 Å². The summed E-state index contributed by atoms with van der Waals surface area (Å²) in [5.41, 5.74) is 1.93. The molecule has 4 rings (SSSR count). The van der Waals surface area contributed by atoms with Gasteiger partial charge in [-0.2, -0.15) is 0 Å². The number of ether oxygens (including phenoxy) is 1. The van der Waals surface area contributed by atoms with Gasteiger partial charge >= 0.3 is 5.97 Å². The van der Waals surface area contributed by atoms with Crippen LogP contribution in [0.3, 0.4) is 0 Å².